The SMILES string of the molecule is O=C(Nc1c(-c2cc(F)ccc2F)ccnc1[C@H]1CCC(F)(F)CO1)c1cc(C(F)F)no1. The molecule has 1 N–H and O–H groups in total. The lowest BCUT2D eigenvalue weighted by Gasteiger charge is -2.30. The Labute approximate surface area is 182 Å². The number of ether oxygens (including phenoxy) is 1. The number of carbonyl (C=O) groups excluding carboxylic acids is 1. The highest BCUT2D eigenvalue weighted by Gasteiger charge is 2.38. The Kier molecular flexibility index (Phi) is 6.11. The molecule has 1 atom stereocenters. The largest absolute Gasteiger partial charge is 0.366 e. The van der Waals surface area contributed by atoms with Crippen molar-refractivity contribution in [2.45, 2.75) is 31.3 Å². The molecule has 33 heavy (non-hydrogen) atoms. The van der Waals surface area contributed by atoms with Crippen molar-refractivity contribution in [3.63, 3.8) is 0 Å². The zero-order valence-electron chi connectivity index (χ0n) is 16.6. The van der Waals surface area contributed by atoms with Crippen LogP contribution in [0.25, 0.3) is 11.1 Å². The number of alkyl halides is 4. The highest BCUT2D eigenvalue weighted by atomic mass is 19.3. The number of amides is 1. The van der Waals surface area contributed by atoms with E-state index in [9.17, 15) is 31.1 Å². The molecular formula is C21H15F6N3O3. The Morgan fingerprint density at radius 1 is 1.15 bits per heavy atom. The quantitative estimate of drug-likeness (QED) is 0.484. The van der Waals surface area contributed by atoms with E-state index in [1.54, 1.807) is 0 Å². The van der Waals surface area contributed by atoms with Crippen molar-refractivity contribution < 1.29 is 40.4 Å². The second-order valence-electron chi connectivity index (χ2n) is 7.31. The summed E-state index contributed by atoms with van der Waals surface area (Å²) < 4.78 is 90.9. The minimum absolute atomic E-state index is 0.0198. The van der Waals surface area contributed by atoms with Gasteiger partial charge in [-0.15, -0.1) is 0 Å². The number of rotatable bonds is 5. The fourth-order valence-electron chi connectivity index (χ4n) is 3.39. The second-order valence-corrected chi connectivity index (χ2v) is 7.31. The van der Waals surface area contributed by atoms with Crippen molar-refractivity contribution in [2.24, 2.45) is 0 Å². The van der Waals surface area contributed by atoms with Gasteiger partial charge in [-0.3, -0.25) is 9.78 Å². The Hall–Kier alpha value is -3.41. The number of hydrogen-bond donors (Lipinski definition) is 1. The number of pyridine rings is 1. The van der Waals surface area contributed by atoms with Gasteiger partial charge in [0.25, 0.3) is 18.3 Å². The van der Waals surface area contributed by atoms with E-state index in [0.29, 0.717) is 0 Å². The molecule has 1 fully saturated rings. The molecule has 1 aliphatic rings. The third kappa shape index (κ3) is 4.85. The molecule has 1 aromatic carbocycles. The predicted molar refractivity (Wildman–Crippen MR) is 102 cm³/mol. The third-order valence-electron chi connectivity index (χ3n) is 4.99. The van der Waals surface area contributed by atoms with Gasteiger partial charge in [0.2, 0.25) is 5.76 Å². The molecule has 0 radical (unpaired) electrons. The summed E-state index contributed by atoms with van der Waals surface area (Å²) in [4.78, 5) is 16.8. The van der Waals surface area contributed by atoms with E-state index in [0.717, 1.165) is 24.3 Å². The van der Waals surface area contributed by atoms with Crippen LogP contribution in [0.15, 0.2) is 41.1 Å². The van der Waals surface area contributed by atoms with Gasteiger partial charge in [-0.25, -0.2) is 26.3 Å². The monoisotopic (exact) mass is 471 g/mol. The van der Waals surface area contributed by atoms with E-state index in [1.807, 2.05) is 0 Å². The number of hydrogen-bond acceptors (Lipinski definition) is 5. The molecule has 2 aromatic heterocycles. The summed E-state index contributed by atoms with van der Waals surface area (Å²) in [6.45, 7) is -0.898. The summed E-state index contributed by atoms with van der Waals surface area (Å²) in [5.74, 6) is -6.27. The maximum absolute atomic E-state index is 14.5. The fourth-order valence-corrected chi connectivity index (χ4v) is 3.39. The Bertz CT molecular complexity index is 1170. The molecule has 0 aliphatic carbocycles. The van der Waals surface area contributed by atoms with E-state index in [1.165, 1.54) is 12.3 Å². The Balaban J connectivity index is 1.77. The molecule has 0 saturated carbocycles. The number of aromatic nitrogens is 2. The van der Waals surface area contributed by atoms with Gasteiger partial charge < -0.3 is 14.6 Å². The normalized spacial score (nSPS) is 17.8. The molecule has 0 unspecified atom stereocenters. The number of halogens is 6. The second kappa shape index (κ2) is 8.85. The van der Waals surface area contributed by atoms with Crippen LogP contribution >= 0.6 is 0 Å². The van der Waals surface area contributed by atoms with Gasteiger partial charge in [-0.05, 0) is 30.7 Å². The first kappa shape index (κ1) is 22.8. The van der Waals surface area contributed by atoms with Crippen molar-refractivity contribution in [3.05, 3.63) is 65.3 Å². The van der Waals surface area contributed by atoms with Crippen molar-refractivity contribution >= 4 is 11.6 Å². The number of benzene rings is 1. The standard InChI is InChI=1S/C21H15F6N3O3/c22-10-1-2-13(23)12(7-10)11-4-6-28-18(15-3-5-21(26,27)9-32-15)17(11)29-20(31)16-8-14(19(24)25)30-33-16/h1-2,4,6-8,15,19H,3,5,9H2,(H,29,31)/t15-/m1/s1. The highest BCUT2D eigenvalue weighted by Crippen LogP contribution is 2.41. The van der Waals surface area contributed by atoms with Gasteiger partial charge in [0, 0.05) is 29.8 Å². The maximum atomic E-state index is 14.5. The van der Waals surface area contributed by atoms with Crippen molar-refractivity contribution in [1.82, 2.24) is 10.1 Å². The van der Waals surface area contributed by atoms with E-state index < -0.39 is 60.5 Å². The first-order valence-corrected chi connectivity index (χ1v) is 9.64. The van der Waals surface area contributed by atoms with Crippen LogP contribution in [0.2, 0.25) is 0 Å². The number of nitrogens with zero attached hydrogens (tertiary/aromatic N) is 2. The van der Waals surface area contributed by atoms with Gasteiger partial charge in [-0.2, -0.15) is 0 Å². The van der Waals surface area contributed by atoms with Crippen LogP contribution in [0.1, 0.15) is 47.3 Å². The molecule has 1 saturated heterocycles. The molecule has 174 valence electrons. The zero-order chi connectivity index (χ0) is 23.8. The van der Waals surface area contributed by atoms with E-state index >= 15 is 0 Å². The van der Waals surface area contributed by atoms with E-state index in [2.05, 4.69) is 20.0 Å². The first-order valence-electron chi connectivity index (χ1n) is 9.64. The van der Waals surface area contributed by atoms with Crippen LogP contribution in [0, 0.1) is 11.6 Å². The van der Waals surface area contributed by atoms with Gasteiger partial charge in [-0.1, -0.05) is 5.16 Å². The summed E-state index contributed by atoms with van der Waals surface area (Å²) in [6.07, 6.45) is -3.45. The third-order valence-corrected chi connectivity index (χ3v) is 4.99. The molecule has 6 nitrogen and oxygen atoms in total. The van der Waals surface area contributed by atoms with Crippen LogP contribution in [0.3, 0.4) is 0 Å². The fraction of sp³-hybridized carbons (Fsp3) is 0.286. The average Bonchev–Trinajstić information content (AvgIpc) is 3.27. The zero-order valence-corrected chi connectivity index (χ0v) is 16.6. The minimum Gasteiger partial charge on any atom is -0.366 e. The average molecular weight is 471 g/mol. The Morgan fingerprint density at radius 2 is 1.94 bits per heavy atom. The van der Waals surface area contributed by atoms with Crippen molar-refractivity contribution in [2.75, 3.05) is 11.9 Å². The summed E-state index contributed by atoms with van der Waals surface area (Å²) in [5, 5.41) is 5.47. The Morgan fingerprint density at radius 3 is 2.61 bits per heavy atom. The maximum Gasteiger partial charge on any atom is 0.294 e. The van der Waals surface area contributed by atoms with Crippen LogP contribution < -0.4 is 5.32 Å². The number of nitrogens with one attached hydrogen (secondary N) is 1. The smallest absolute Gasteiger partial charge is 0.294 e. The molecule has 3 aromatic rings. The lowest BCUT2D eigenvalue weighted by Crippen LogP contribution is -2.31. The molecule has 1 amide bonds. The molecule has 1 aliphatic heterocycles. The molecule has 0 bridgehead atoms. The molecule has 12 heteroatoms. The van der Waals surface area contributed by atoms with Crippen LogP contribution in [0.5, 0.6) is 0 Å². The van der Waals surface area contributed by atoms with Crippen LogP contribution in [-0.4, -0.2) is 28.6 Å². The molecule has 0 spiro atoms. The first-order chi connectivity index (χ1) is 15.6. The van der Waals surface area contributed by atoms with E-state index in [-0.39, 0.29) is 28.9 Å². The van der Waals surface area contributed by atoms with Crippen molar-refractivity contribution in [1.29, 1.82) is 0 Å². The lowest BCUT2D eigenvalue weighted by molar-refractivity contribution is -0.146. The van der Waals surface area contributed by atoms with Gasteiger partial charge in [0.05, 0.1) is 11.4 Å². The topological polar surface area (TPSA) is 77.2 Å². The molecular weight excluding hydrogens is 456 g/mol. The summed E-state index contributed by atoms with van der Waals surface area (Å²) >= 11 is 0. The lowest BCUT2D eigenvalue weighted by atomic mass is 9.97. The summed E-state index contributed by atoms with van der Waals surface area (Å²) in [7, 11) is 0. The number of carbonyl (C=O) groups is 1. The molecule has 4 rings (SSSR count). The van der Waals surface area contributed by atoms with Crippen LogP contribution in [0.4, 0.5) is 32.0 Å². The van der Waals surface area contributed by atoms with Gasteiger partial charge >= 0.3 is 0 Å². The number of anilines is 1. The van der Waals surface area contributed by atoms with Gasteiger partial charge in [0.15, 0.2) is 5.69 Å². The molecule has 3 heterocycles. The van der Waals surface area contributed by atoms with E-state index in [4.69, 9.17) is 4.74 Å². The predicted octanol–water partition coefficient (Wildman–Crippen LogP) is 5.69. The van der Waals surface area contributed by atoms with Crippen molar-refractivity contribution in [3.8, 4) is 11.1 Å². The summed E-state index contributed by atoms with van der Waals surface area (Å²) in [6, 6.07) is 4.64. The summed E-state index contributed by atoms with van der Waals surface area (Å²) in [5.41, 5.74) is -1.24. The van der Waals surface area contributed by atoms with Gasteiger partial charge in [0.1, 0.15) is 24.3 Å². The minimum atomic E-state index is -3.04. The highest BCUT2D eigenvalue weighted by molar-refractivity contribution is 6.05. The van der Waals surface area contributed by atoms with Crippen LogP contribution in [-0.2, 0) is 4.74 Å².